The highest BCUT2D eigenvalue weighted by Crippen LogP contribution is 2.65. The molecule has 5 aliphatic rings. The average Bonchev–Trinajstić information content (AvgIpc) is 3.64. The maximum atomic E-state index is 13.3. The molecule has 2 saturated carbocycles. The van der Waals surface area contributed by atoms with Crippen LogP contribution in [0.4, 0.5) is 5.69 Å². The number of carbonyl (C=O) groups is 2. The zero-order valence-electron chi connectivity index (χ0n) is 18.0. The van der Waals surface area contributed by atoms with Gasteiger partial charge in [0.1, 0.15) is 11.5 Å². The van der Waals surface area contributed by atoms with Crippen LogP contribution in [-0.2, 0) is 9.59 Å². The summed E-state index contributed by atoms with van der Waals surface area (Å²) in [5.41, 5.74) is 2.93. The van der Waals surface area contributed by atoms with Crippen molar-refractivity contribution in [1.29, 1.82) is 0 Å². The molecule has 3 aromatic carbocycles. The summed E-state index contributed by atoms with van der Waals surface area (Å²) in [5.74, 6) is 2.73. The van der Waals surface area contributed by atoms with Crippen molar-refractivity contribution in [1.82, 2.24) is 0 Å². The highest BCUT2D eigenvalue weighted by atomic mass is 16.5. The average molecular weight is 434 g/mol. The monoisotopic (exact) mass is 433 g/mol. The quantitative estimate of drug-likeness (QED) is 0.391. The second-order valence-corrected chi connectivity index (χ2v) is 9.65. The van der Waals surface area contributed by atoms with Gasteiger partial charge < -0.3 is 4.74 Å². The molecule has 33 heavy (non-hydrogen) atoms. The van der Waals surface area contributed by atoms with E-state index in [0.717, 1.165) is 16.9 Å². The molecular formula is C29H23NO3. The van der Waals surface area contributed by atoms with Crippen molar-refractivity contribution < 1.29 is 14.3 Å². The van der Waals surface area contributed by atoms with Crippen LogP contribution in [0.2, 0.25) is 0 Å². The second-order valence-electron chi connectivity index (χ2n) is 9.65. The van der Waals surface area contributed by atoms with Gasteiger partial charge in [-0.3, -0.25) is 14.5 Å². The van der Waals surface area contributed by atoms with Gasteiger partial charge in [-0.1, -0.05) is 54.6 Å². The maximum Gasteiger partial charge on any atom is 0.238 e. The number of anilines is 1. The van der Waals surface area contributed by atoms with Crippen LogP contribution in [0.5, 0.6) is 11.5 Å². The van der Waals surface area contributed by atoms with Crippen molar-refractivity contribution in [3.63, 3.8) is 0 Å². The van der Waals surface area contributed by atoms with Gasteiger partial charge in [0.15, 0.2) is 0 Å². The smallest absolute Gasteiger partial charge is 0.238 e. The van der Waals surface area contributed by atoms with Gasteiger partial charge in [-0.15, -0.1) is 0 Å². The van der Waals surface area contributed by atoms with E-state index in [1.165, 1.54) is 11.3 Å². The molecule has 4 aliphatic carbocycles. The normalized spacial score (nSPS) is 30.8. The first-order chi connectivity index (χ1) is 16.2. The number of amides is 2. The first-order valence-electron chi connectivity index (χ1n) is 11.7. The molecule has 2 bridgehead atoms. The SMILES string of the molecule is O=C1[C@@H]2[C@@H]3C=C[C@H]([C@@H]4C[C@H]34)[C@H]2C(=O)N1c1ccc(Oc2ccc(-c3ccccc3)cc2)cc1. The van der Waals surface area contributed by atoms with E-state index < -0.39 is 0 Å². The molecule has 3 aromatic rings. The van der Waals surface area contributed by atoms with Crippen molar-refractivity contribution in [3.05, 3.63) is 91.0 Å². The number of hydrogen-bond acceptors (Lipinski definition) is 3. The summed E-state index contributed by atoms with van der Waals surface area (Å²) in [6.45, 7) is 0. The van der Waals surface area contributed by atoms with Crippen LogP contribution in [0.1, 0.15) is 6.42 Å². The molecule has 2 amide bonds. The topological polar surface area (TPSA) is 46.6 Å². The summed E-state index contributed by atoms with van der Waals surface area (Å²) in [6, 6.07) is 25.5. The zero-order valence-corrected chi connectivity index (χ0v) is 18.0. The Kier molecular flexibility index (Phi) is 3.95. The third kappa shape index (κ3) is 2.83. The Hall–Kier alpha value is -3.66. The van der Waals surface area contributed by atoms with Crippen LogP contribution in [0, 0.1) is 35.5 Å². The number of ether oxygens (including phenoxy) is 1. The Bertz CT molecular complexity index is 1240. The van der Waals surface area contributed by atoms with Crippen LogP contribution < -0.4 is 9.64 Å². The first kappa shape index (κ1) is 18.9. The van der Waals surface area contributed by atoms with Crippen molar-refractivity contribution in [3.8, 4) is 22.6 Å². The third-order valence-electron chi connectivity index (χ3n) is 7.95. The van der Waals surface area contributed by atoms with Crippen LogP contribution in [0.25, 0.3) is 11.1 Å². The molecule has 0 aromatic heterocycles. The molecule has 1 heterocycles. The molecule has 6 atom stereocenters. The van der Waals surface area contributed by atoms with Gasteiger partial charge in [0.05, 0.1) is 17.5 Å². The number of benzene rings is 3. The molecular weight excluding hydrogens is 410 g/mol. The lowest BCUT2D eigenvalue weighted by Crippen LogP contribution is -2.40. The van der Waals surface area contributed by atoms with Crippen molar-refractivity contribution in [2.45, 2.75) is 6.42 Å². The first-order valence-corrected chi connectivity index (χ1v) is 11.7. The Morgan fingerprint density at radius 3 is 1.73 bits per heavy atom. The Morgan fingerprint density at radius 1 is 0.636 bits per heavy atom. The fourth-order valence-corrected chi connectivity index (χ4v) is 6.36. The minimum Gasteiger partial charge on any atom is -0.457 e. The van der Waals surface area contributed by atoms with E-state index in [9.17, 15) is 9.59 Å². The van der Waals surface area contributed by atoms with Gasteiger partial charge in [-0.25, -0.2) is 0 Å². The van der Waals surface area contributed by atoms with E-state index in [-0.39, 0.29) is 35.5 Å². The van der Waals surface area contributed by atoms with E-state index in [4.69, 9.17) is 4.74 Å². The Morgan fingerprint density at radius 2 is 1.15 bits per heavy atom. The van der Waals surface area contributed by atoms with Gasteiger partial charge in [-0.05, 0) is 77.6 Å². The molecule has 1 aliphatic heterocycles. The van der Waals surface area contributed by atoms with Gasteiger partial charge in [-0.2, -0.15) is 0 Å². The Balaban J connectivity index is 1.09. The molecule has 3 fully saturated rings. The Labute approximate surface area is 192 Å². The van der Waals surface area contributed by atoms with Crippen molar-refractivity contribution in [2.24, 2.45) is 35.5 Å². The molecule has 8 rings (SSSR count). The summed E-state index contributed by atoms with van der Waals surface area (Å²) >= 11 is 0. The summed E-state index contributed by atoms with van der Waals surface area (Å²) < 4.78 is 6.00. The third-order valence-corrected chi connectivity index (χ3v) is 7.95. The van der Waals surface area contributed by atoms with Gasteiger partial charge in [0, 0.05) is 0 Å². The van der Waals surface area contributed by atoms with Gasteiger partial charge >= 0.3 is 0 Å². The number of rotatable bonds is 4. The summed E-state index contributed by atoms with van der Waals surface area (Å²) in [4.78, 5) is 28.0. The van der Waals surface area contributed by atoms with Crippen LogP contribution >= 0.6 is 0 Å². The van der Waals surface area contributed by atoms with Crippen molar-refractivity contribution in [2.75, 3.05) is 4.90 Å². The maximum absolute atomic E-state index is 13.3. The lowest BCUT2D eigenvalue weighted by atomic mass is 9.63. The summed E-state index contributed by atoms with van der Waals surface area (Å²) in [7, 11) is 0. The predicted octanol–water partition coefficient (Wildman–Crippen LogP) is 5.70. The fraction of sp³-hybridized carbons (Fsp3) is 0.241. The number of hydrogen-bond donors (Lipinski definition) is 0. The van der Waals surface area contributed by atoms with E-state index in [1.54, 1.807) is 0 Å². The number of allylic oxidation sites excluding steroid dienone is 2. The minimum absolute atomic E-state index is 0.0279. The molecule has 162 valence electrons. The van der Waals surface area contributed by atoms with Gasteiger partial charge in [0.2, 0.25) is 11.8 Å². The lowest BCUT2D eigenvalue weighted by Gasteiger charge is -2.37. The van der Waals surface area contributed by atoms with Crippen LogP contribution in [0.3, 0.4) is 0 Å². The van der Waals surface area contributed by atoms with E-state index in [0.29, 0.717) is 23.3 Å². The molecule has 4 heteroatoms. The standard InChI is InChI=1S/C29H23NO3/c31-28-26-22-14-15-23(25-16-24(22)25)27(26)29(32)30(28)19-8-12-21(13-9-19)33-20-10-6-18(7-11-20)17-4-2-1-3-5-17/h1-15,22-27H,16H2/t22-,23-,24-,25+,26-,27-/m1/s1. The van der Waals surface area contributed by atoms with E-state index >= 15 is 0 Å². The summed E-state index contributed by atoms with van der Waals surface area (Å²) in [6.07, 6.45) is 5.58. The van der Waals surface area contributed by atoms with E-state index in [2.05, 4.69) is 24.3 Å². The van der Waals surface area contributed by atoms with Crippen LogP contribution in [-0.4, -0.2) is 11.8 Å². The molecule has 0 radical (unpaired) electrons. The zero-order chi connectivity index (χ0) is 22.1. The van der Waals surface area contributed by atoms with Crippen LogP contribution in [0.15, 0.2) is 91.0 Å². The van der Waals surface area contributed by atoms with Gasteiger partial charge in [0.25, 0.3) is 0 Å². The molecule has 1 saturated heterocycles. The minimum atomic E-state index is -0.171. The predicted molar refractivity (Wildman–Crippen MR) is 126 cm³/mol. The highest BCUT2D eigenvalue weighted by molar-refractivity contribution is 6.22. The number of carbonyl (C=O) groups excluding carboxylic acids is 2. The lowest BCUT2D eigenvalue weighted by molar-refractivity contribution is -0.124. The molecule has 0 N–H and O–H groups in total. The molecule has 0 unspecified atom stereocenters. The number of imide groups is 1. The van der Waals surface area contributed by atoms with E-state index in [1.807, 2.05) is 66.7 Å². The molecule has 4 nitrogen and oxygen atoms in total. The number of nitrogens with zero attached hydrogens (tertiary/aromatic N) is 1. The highest BCUT2D eigenvalue weighted by Gasteiger charge is 2.67. The summed E-state index contributed by atoms with van der Waals surface area (Å²) in [5, 5.41) is 0. The molecule has 0 spiro atoms. The fourth-order valence-electron chi connectivity index (χ4n) is 6.36. The van der Waals surface area contributed by atoms with Crippen molar-refractivity contribution >= 4 is 17.5 Å². The largest absolute Gasteiger partial charge is 0.457 e. The second kappa shape index (κ2) is 6.92.